The lowest BCUT2D eigenvalue weighted by molar-refractivity contribution is -0.384. The molecule has 0 aromatic heterocycles. The van der Waals surface area contributed by atoms with Crippen molar-refractivity contribution in [2.24, 2.45) is 0 Å². The van der Waals surface area contributed by atoms with E-state index in [1.54, 1.807) is 19.2 Å². The number of carbonyl (C=O) groups excluding carboxylic acids is 2. The van der Waals surface area contributed by atoms with Crippen molar-refractivity contribution in [2.75, 3.05) is 20.8 Å². The van der Waals surface area contributed by atoms with Crippen LogP contribution in [0.3, 0.4) is 0 Å². The summed E-state index contributed by atoms with van der Waals surface area (Å²) in [5.74, 6) is -0.462. The number of hydrogen-bond donors (Lipinski definition) is 0. The van der Waals surface area contributed by atoms with E-state index >= 15 is 0 Å². The molecule has 0 N–H and O–H groups in total. The van der Waals surface area contributed by atoms with E-state index in [9.17, 15) is 19.7 Å². The smallest absolute Gasteiger partial charge is 0.338 e. The van der Waals surface area contributed by atoms with Gasteiger partial charge in [0.15, 0.2) is 0 Å². The zero-order chi connectivity index (χ0) is 20.0. The lowest BCUT2D eigenvalue weighted by Crippen LogP contribution is -2.26. The second-order valence-corrected chi connectivity index (χ2v) is 5.76. The van der Waals surface area contributed by atoms with Gasteiger partial charge in [0.25, 0.3) is 11.6 Å². The van der Waals surface area contributed by atoms with Crippen molar-refractivity contribution in [1.82, 2.24) is 4.90 Å². The molecule has 0 radical (unpaired) electrons. The fraction of sp³-hybridized carbons (Fsp3) is 0.263. The molecule has 2 aromatic rings. The first-order valence-corrected chi connectivity index (χ1v) is 8.20. The summed E-state index contributed by atoms with van der Waals surface area (Å²) in [5.41, 5.74) is 0.506. The molecule has 0 unspecified atom stereocenters. The van der Waals surface area contributed by atoms with Crippen LogP contribution in [-0.2, 0) is 11.3 Å². The van der Waals surface area contributed by atoms with E-state index in [1.807, 2.05) is 19.1 Å². The Bertz CT molecular complexity index is 848. The predicted octanol–water partition coefficient (Wildman–Crippen LogP) is 3.05. The van der Waals surface area contributed by atoms with E-state index in [1.165, 1.54) is 18.1 Å². The summed E-state index contributed by atoms with van der Waals surface area (Å²) in [5, 5.41) is 11.1. The molecule has 0 saturated carbocycles. The monoisotopic (exact) mass is 372 g/mol. The minimum Gasteiger partial charge on any atom is -0.494 e. The van der Waals surface area contributed by atoms with Crippen LogP contribution in [0.4, 0.5) is 5.69 Å². The van der Waals surface area contributed by atoms with Crippen LogP contribution in [0, 0.1) is 10.1 Å². The van der Waals surface area contributed by atoms with Crippen LogP contribution in [0.5, 0.6) is 5.75 Å². The second-order valence-electron chi connectivity index (χ2n) is 5.76. The Labute approximate surface area is 156 Å². The van der Waals surface area contributed by atoms with Crippen LogP contribution in [0.15, 0.2) is 42.5 Å². The summed E-state index contributed by atoms with van der Waals surface area (Å²) in [6.45, 7) is 2.75. The normalized spacial score (nSPS) is 10.2. The van der Waals surface area contributed by atoms with Gasteiger partial charge in [0.2, 0.25) is 0 Å². The average Bonchev–Trinajstić information content (AvgIpc) is 2.67. The fourth-order valence-corrected chi connectivity index (χ4v) is 2.50. The maximum atomic E-state index is 12.7. The molecule has 2 aromatic carbocycles. The number of rotatable bonds is 7. The summed E-state index contributed by atoms with van der Waals surface area (Å²) in [4.78, 5) is 36.3. The number of ether oxygens (including phenoxy) is 2. The van der Waals surface area contributed by atoms with Crippen LogP contribution in [0.2, 0.25) is 0 Å². The number of esters is 1. The Hall–Kier alpha value is -3.42. The molecule has 142 valence electrons. The maximum absolute atomic E-state index is 12.7. The topological polar surface area (TPSA) is 99.0 Å². The van der Waals surface area contributed by atoms with Crippen LogP contribution in [-0.4, -0.2) is 42.5 Å². The number of nitrogens with zero attached hydrogens (tertiary/aromatic N) is 2. The summed E-state index contributed by atoms with van der Waals surface area (Å²) >= 11 is 0. The molecular weight excluding hydrogens is 352 g/mol. The SMILES string of the molecule is CCOc1ccc(CN(C)C(=O)c2cc(C(=O)OC)cc([N+](=O)[O-])c2)cc1. The molecule has 8 nitrogen and oxygen atoms in total. The van der Waals surface area contributed by atoms with Crippen molar-refractivity contribution < 1.29 is 24.0 Å². The number of nitro benzene ring substituents is 1. The van der Waals surface area contributed by atoms with Crippen LogP contribution in [0.25, 0.3) is 0 Å². The van der Waals surface area contributed by atoms with Gasteiger partial charge in [-0.05, 0) is 30.7 Å². The third-order valence-corrected chi connectivity index (χ3v) is 3.80. The molecule has 0 heterocycles. The second kappa shape index (κ2) is 8.79. The van der Waals surface area contributed by atoms with Crippen LogP contribution in [0.1, 0.15) is 33.2 Å². The third kappa shape index (κ3) is 5.04. The number of amides is 1. The first-order chi connectivity index (χ1) is 12.8. The van der Waals surface area contributed by atoms with Crippen molar-refractivity contribution >= 4 is 17.6 Å². The molecule has 0 saturated heterocycles. The largest absolute Gasteiger partial charge is 0.494 e. The van der Waals surface area contributed by atoms with E-state index in [2.05, 4.69) is 4.74 Å². The highest BCUT2D eigenvalue weighted by Crippen LogP contribution is 2.20. The molecule has 0 atom stereocenters. The van der Waals surface area contributed by atoms with Crippen LogP contribution < -0.4 is 4.74 Å². The molecule has 0 aliphatic carbocycles. The Kier molecular flexibility index (Phi) is 6.48. The first-order valence-electron chi connectivity index (χ1n) is 8.20. The molecule has 27 heavy (non-hydrogen) atoms. The molecule has 0 aliphatic heterocycles. The Morgan fingerprint density at radius 1 is 1.11 bits per heavy atom. The summed E-state index contributed by atoms with van der Waals surface area (Å²) in [6.07, 6.45) is 0. The van der Waals surface area contributed by atoms with Gasteiger partial charge in [-0.3, -0.25) is 14.9 Å². The molecule has 1 amide bonds. The van der Waals surface area contributed by atoms with Crippen molar-refractivity contribution in [3.8, 4) is 5.75 Å². The maximum Gasteiger partial charge on any atom is 0.338 e. The number of carbonyl (C=O) groups is 2. The molecular formula is C19H20N2O6. The van der Waals surface area contributed by atoms with Crippen molar-refractivity contribution in [3.05, 3.63) is 69.3 Å². The highest BCUT2D eigenvalue weighted by Gasteiger charge is 2.20. The Balaban J connectivity index is 2.23. The highest BCUT2D eigenvalue weighted by molar-refractivity contribution is 5.98. The third-order valence-electron chi connectivity index (χ3n) is 3.80. The van der Waals surface area contributed by atoms with E-state index in [4.69, 9.17) is 4.74 Å². The van der Waals surface area contributed by atoms with Crippen molar-refractivity contribution in [1.29, 1.82) is 0 Å². The zero-order valence-corrected chi connectivity index (χ0v) is 15.3. The minimum absolute atomic E-state index is 0.0398. The number of non-ortho nitro benzene ring substituents is 1. The van der Waals surface area contributed by atoms with E-state index in [0.717, 1.165) is 23.4 Å². The highest BCUT2D eigenvalue weighted by atomic mass is 16.6. The van der Waals surface area contributed by atoms with Crippen LogP contribution >= 0.6 is 0 Å². The quantitative estimate of drug-likeness (QED) is 0.421. The fourth-order valence-electron chi connectivity index (χ4n) is 2.50. The molecule has 0 spiro atoms. The number of methoxy groups -OCH3 is 1. The van der Waals surface area contributed by atoms with Gasteiger partial charge in [0, 0.05) is 31.3 Å². The average molecular weight is 372 g/mol. The van der Waals surface area contributed by atoms with E-state index in [0.29, 0.717) is 13.2 Å². The van der Waals surface area contributed by atoms with Gasteiger partial charge >= 0.3 is 5.97 Å². The molecule has 0 fully saturated rings. The molecule has 0 bridgehead atoms. The Morgan fingerprint density at radius 3 is 2.30 bits per heavy atom. The number of nitro groups is 1. The minimum atomic E-state index is -0.748. The standard InChI is InChI=1S/C19H20N2O6/c1-4-27-17-7-5-13(6-8-17)12-20(2)18(22)14-9-15(19(23)26-3)11-16(10-14)21(24)25/h5-11H,4,12H2,1-3H3. The lowest BCUT2D eigenvalue weighted by atomic mass is 10.1. The van der Waals surface area contributed by atoms with Crippen molar-refractivity contribution in [2.45, 2.75) is 13.5 Å². The molecule has 0 aliphatic rings. The van der Waals surface area contributed by atoms with Gasteiger partial charge < -0.3 is 14.4 Å². The Morgan fingerprint density at radius 2 is 1.74 bits per heavy atom. The van der Waals surface area contributed by atoms with Gasteiger partial charge in [0.05, 0.1) is 24.2 Å². The number of benzene rings is 2. The summed E-state index contributed by atoms with van der Waals surface area (Å²) < 4.78 is 9.97. The van der Waals surface area contributed by atoms with Gasteiger partial charge in [-0.25, -0.2) is 4.79 Å². The summed E-state index contributed by atoms with van der Waals surface area (Å²) in [7, 11) is 2.75. The molecule has 2 rings (SSSR count). The summed E-state index contributed by atoms with van der Waals surface area (Å²) in [6, 6.07) is 10.8. The first kappa shape index (κ1) is 19.9. The van der Waals surface area contributed by atoms with Gasteiger partial charge in [0.1, 0.15) is 5.75 Å². The van der Waals surface area contributed by atoms with Gasteiger partial charge in [-0.15, -0.1) is 0 Å². The van der Waals surface area contributed by atoms with E-state index in [-0.39, 0.29) is 16.8 Å². The zero-order valence-electron chi connectivity index (χ0n) is 15.3. The predicted molar refractivity (Wildman–Crippen MR) is 97.8 cm³/mol. The van der Waals surface area contributed by atoms with E-state index < -0.39 is 16.8 Å². The van der Waals surface area contributed by atoms with Gasteiger partial charge in [-0.1, -0.05) is 12.1 Å². The molecule has 8 heteroatoms. The van der Waals surface area contributed by atoms with Gasteiger partial charge in [-0.2, -0.15) is 0 Å². The van der Waals surface area contributed by atoms with Crippen molar-refractivity contribution in [3.63, 3.8) is 0 Å². The number of hydrogen-bond acceptors (Lipinski definition) is 6. The lowest BCUT2D eigenvalue weighted by Gasteiger charge is -2.18.